The van der Waals surface area contributed by atoms with E-state index in [1.54, 1.807) is 0 Å². The van der Waals surface area contributed by atoms with Crippen LogP contribution in [0, 0.1) is 0 Å². The van der Waals surface area contributed by atoms with Gasteiger partial charge in [0, 0.05) is 37.3 Å². The molecule has 3 heteroatoms. The molecule has 2 saturated carbocycles. The number of nitrogens with one attached hydrogen (secondary N) is 1. The Kier molecular flexibility index (Phi) is 4.01. The van der Waals surface area contributed by atoms with E-state index in [9.17, 15) is 0 Å². The van der Waals surface area contributed by atoms with Gasteiger partial charge in [0.25, 0.3) is 0 Å². The largest absolute Gasteiger partial charge is 0.377 e. The molecule has 4 rings (SSSR count). The van der Waals surface area contributed by atoms with Crippen molar-refractivity contribution in [1.29, 1.82) is 0 Å². The van der Waals surface area contributed by atoms with Crippen molar-refractivity contribution in [3.63, 3.8) is 0 Å². The van der Waals surface area contributed by atoms with Crippen LogP contribution in [0.25, 0.3) is 0 Å². The normalized spacial score (nSPS) is 35.7. The number of ether oxygens (including phenoxy) is 1. The maximum Gasteiger partial charge on any atom is 0.0703 e. The highest BCUT2D eigenvalue weighted by molar-refractivity contribution is 5.08. The molecule has 0 aromatic carbocycles. The van der Waals surface area contributed by atoms with E-state index in [1.807, 2.05) is 0 Å². The van der Waals surface area contributed by atoms with Gasteiger partial charge in [-0.15, -0.1) is 0 Å². The molecule has 1 unspecified atom stereocenters. The van der Waals surface area contributed by atoms with Crippen LogP contribution >= 0.6 is 0 Å². The summed E-state index contributed by atoms with van der Waals surface area (Å²) in [5, 5.41) is 4.03. The van der Waals surface area contributed by atoms with Crippen molar-refractivity contribution in [2.45, 2.75) is 87.8 Å². The second-order valence-electron chi connectivity index (χ2n) is 8.14. The lowest BCUT2D eigenvalue weighted by molar-refractivity contribution is -0.0461. The number of hydrogen-bond acceptors (Lipinski definition) is 3. The Balaban J connectivity index is 1.51. The zero-order valence-corrected chi connectivity index (χ0v) is 13.5. The molecule has 0 bridgehead atoms. The maximum absolute atomic E-state index is 5.98. The Morgan fingerprint density at radius 1 is 0.952 bits per heavy atom. The lowest BCUT2D eigenvalue weighted by Gasteiger charge is -2.56. The van der Waals surface area contributed by atoms with Gasteiger partial charge < -0.3 is 10.1 Å². The van der Waals surface area contributed by atoms with E-state index in [1.165, 1.54) is 90.3 Å². The molecule has 2 saturated heterocycles. The van der Waals surface area contributed by atoms with Gasteiger partial charge in [-0.1, -0.05) is 32.1 Å². The first-order valence-electron chi connectivity index (χ1n) is 9.42. The van der Waals surface area contributed by atoms with Crippen LogP contribution in [0.1, 0.15) is 70.6 Å². The maximum atomic E-state index is 5.98. The molecular formula is C18H32N2O. The number of hydrogen-bond donors (Lipinski definition) is 1. The Morgan fingerprint density at radius 3 is 2.43 bits per heavy atom. The van der Waals surface area contributed by atoms with Crippen molar-refractivity contribution >= 4 is 0 Å². The smallest absolute Gasteiger partial charge is 0.0703 e. The lowest BCUT2D eigenvalue weighted by Crippen LogP contribution is -2.70. The third kappa shape index (κ3) is 2.77. The van der Waals surface area contributed by atoms with Crippen molar-refractivity contribution in [2.75, 3.05) is 26.2 Å². The fraction of sp³-hybridized carbons (Fsp3) is 1.00. The Labute approximate surface area is 129 Å². The van der Waals surface area contributed by atoms with Crippen LogP contribution in [-0.2, 0) is 4.74 Å². The molecule has 2 spiro atoms. The molecule has 4 fully saturated rings. The highest BCUT2D eigenvalue weighted by Gasteiger charge is 2.49. The molecule has 21 heavy (non-hydrogen) atoms. The van der Waals surface area contributed by atoms with Gasteiger partial charge >= 0.3 is 0 Å². The zero-order chi connectivity index (χ0) is 14.2. The van der Waals surface area contributed by atoms with Gasteiger partial charge in [0.15, 0.2) is 0 Å². The predicted molar refractivity (Wildman–Crippen MR) is 85.6 cm³/mol. The molecule has 1 atom stereocenters. The second-order valence-corrected chi connectivity index (χ2v) is 8.14. The number of rotatable bonds is 2. The average molecular weight is 292 g/mol. The van der Waals surface area contributed by atoms with E-state index in [4.69, 9.17) is 4.74 Å². The fourth-order valence-corrected chi connectivity index (χ4v) is 5.43. The molecule has 2 aliphatic carbocycles. The summed E-state index contributed by atoms with van der Waals surface area (Å²) in [6, 6.07) is 0. The summed E-state index contributed by atoms with van der Waals surface area (Å²) in [4.78, 5) is 2.89. The minimum Gasteiger partial charge on any atom is -0.377 e. The number of nitrogens with zero attached hydrogens (tertiary/aromatic N) is 1. The zero-order valence-electron chi connectivity index (χ0n) is 13.5. The van der Waals surface area contributed by atoms with Gasteiger partial charge in [-0.25, -0.2) is 0 Å². The van der Waals surface area contributed by atoms with Crippen LogP contribution < -0.4 is 5.32 Å². The molecule has 2 heterocycles. The van der Waals surface area contributed by atoms with Crippen molar-refractivity contribution < 1.29 is 4.74 Å². The van der Waals surface area contributed by atoms with Crippen LogP contribution in [-0.4, -0.2) is 48.3 Å². The van der Waals surface area contributed by atoms with Gasteiger partial charge in [-0.2, -0.15) is 0 Å². The first kappa shape index (κ1) is 14.5. The molecular weight excluding hydrogens is 260 g/mol. The van der Waals surface area contributed by atoms with Gasteiger partial charge in [0.1, 0.15) is 0 Å². The monoisotopic (exact) mass is 292 g/mol. The van der Waals surface area contributed by atoms with Crippen LogP contribution in [0.5, 0.6) is 0 Å². The van der Waals surface area contributed by atoms with E-state index in [0.29, 0.717) is 17.2 Å². The first-order chi connectivity index (χ1) is 10.3. The van der Waals surface area contributed by atoms with Crippen LogP contribution in [0.2, 0.25) is 0 Å². The number of piperazine rings is 1. The van der Waals surface area contributed by atoms with Gasteiger partial charge in [0.2, 0.25) is 0 Å². The first-order valence-corrected chi connectivity index (χ1v) is 9.42. The lowest BCUT2D eigenvalue weighted by atomic mass is 9.76. The highest BCUT2D eigenvalue weighted by atomic mass is 16.5. The summed E-state index contributed by atoms with van der Waals surface area (Å²) < 4.78 is 5.98. The van der Waals surface area contributed by atoms with Crippen molar-refractivity contribution in [1.82, 2.24) is 10.2 Å². The molecule has 0 aromatic heterocycles. The average Bonchev–Trinajstić information content (AvgIpc) is 3.17. The standard InChI is InChI=1S/C18H32N2O/c1-2-10-18(11-3-1)14-19-17(8-4-5-9-17)15-20(18)13-16-7-6-12-21-16/h16,19H,1-15H2. The van der Waals surface area contributed by atoms with Gasteiger partial charge in [-0.3, -0.25) is 4.90 Å². The Bertz CT molecular complexity index is 352. The Hall–Kier alpha value is -0.120. The summed E-state index contributed by atoms with van der Waals surface area (Å²) >= 11 is 0. The summed E-state index contributed by atoms with van der Waals surface area (Å²) in [7, 11) is 0. The third-order valence-electron chi connectivity index (χ3n) is 6.75. The van der Waals surface area contributed by atoms with E-state index in [-0.39, 0.29) is 0 Å². The van der Waals surface area contributed by atoms with Crippen molar-refractivity contribution in [3.8, 4) is 0 Å². The summed E-state index contributed by atoms with van der Waals surface area (Å²) in [5.41, 5.74) is 0.902. The van der Waals surface area contributed by atoms with Crippen molar-refractivity contribution in [2.24, 2.45) is 0 Å². The molecule has 120 valence electrons. The molecule has 1 N–H and O–H groups in total. The quantitative estimate of drug-likeness (QED) is 0.846. The SMILES string of the molecule is C1CCC2(CC1)CNC1(CCCC1)CN2CC1CCCO1. The van der Waals surface area contributed by atoms with Crippen LogP contribution in [0.15, 0.2) is 0 Å². The van der Waals surface area contributed by atoms with Gasteiger partial charge in [0.05, 0.1) is 6.10 Å². The Morgan fingerprint density at radius 2 is 1.71 bits per heavy atom. The summed E-state index contributed by atoms with van der Waals surface area (Å²) in [5.74, 6) is 0. The second kappa shape index (κ2) is 5.82. The van der Waals surface area contributed by atoms with E-state index in [2.05, 4.69) is 10.2 Å². The van der Waals surface area contributed by atoms with E-state index < -0.39 is 0 Å². The molecule has 2 aliphatic heterocycles. The molecule has 4 aliphatic rings. The van der Waals surface area contributed by atoms with Crippen LogP contribution in [0.4, 0.5) is 0 Å². The molecule has 0 radical (unpaired) electrons. The summed E-state index contributed by atoms with van der Waals surface area (Å²) in [6.45, 7) is 4.71. The van der Waals surface area contributed by atoms with E-state index >= 15 is 0 Å². The molecule has 3 nitrogen and oxygen atoms in total. The topological polar surface area (TPSA) is 24.5 Å². The minimum absolute atomic E-state index is 0.446. The third-order valence-corrected chi connectivity index (χ3v) is 6.75. The summed E-state index contributed by atoms with van der Waals surface area (Å²) in [6.07, 6.45) is 15.8. The minimum atomic E-state index is 0.446. The van der Waals surface area contributed by atoms with Gasteiger partial charge in [-0.05, 0) is 38.5 Å². The molecule has 0 amide bonds. The van der Waals surface area contributed by atoms with Crippen molar-refractivity contribution in [3.05, 3.63) is 0 Å². The predicted octanol–water partition coefficient (Wildman–Crippen LogP) is 3.09. The highest BCUT2D eigenvalue weighted by Crippen LogP contribution is 2.42. The fourth-order valence-electron chi connectivity index (χ4n) is 5.43. The molecule has 0 aromatic rings. The van der Waals surface area contributed by atoms with Crippen LogP contribution in [0.3, 0.4) is 0 Å². The van der Waals surface area contributed by atoms with E-state index in [0.717, 1.165) is 6.61 Å².